The van der Waals surface area contributed by atoms with Gasteiger partial charge in [0.1, 0.15) is 5.60 Å². The van der Waals surface area contributed by atoms with Crippen molar-refractivity contribution in [3.63, 3.8) is 0 Å². The van der Waals surface area contributed by atoms with Crippen LogP contribution >= 0.6 is 0 Å². The van der Waals surface area contributed by atoms with Crippen LogP contribution in [0.15, 0.2) is 0 Å². The van der Waals surface area contributed by atoms with Crippen molar-refractivity contribution in [2.24, 2.45) is 11.8 Å². The number of Topliss-reactive ketones (excluding diaryl/α,β-unsaturated/α-hetero) is 1. The molecule has 0 heterocycles. The van der Waals surface area contributed by atoms with Gasteiger partial charge in [-0.25, -0.2) is 4.79 Å². The molecule has 2 unspecified atom stereocenters. The maximum atomic E-state index is 11.8. The Labute approximate surface area is 110 Å². The minimum atomic E-state index is -0.515. The molecule has 2 atom stereocenters. The highest BCUT2D eigenvalue weighted by atomic mass is 16.6. The average molecular weight is 255 g/mol. The third kappa shape index (κ3) is 5.07. The van der Waals surface area contributed by atoms with Gasteiger partial charge in [-0.3, -0.25) is 4.79 Å². The van der Waals surface area contributed by atoms with Gasteiger partial charge in [0.2, 0.25) is 0 Å². The van der Waals surface area contributed by atoms with Crippen LogP contribution in [0.5, 0.6) is 0 Å². The van der Waals surface area contributed by atoms with Gasteiger partial charge in [0.05, 0.1) is 6.54 Å². The molecule has 0 N–H and O–H groups in total. The Morgan fingerprint density at radius 2 is 1.89 bits per heavy atom. The van der Waals surface area contributed by atoms with Gasteiger partial charge < -0.3 is 9.64 Å². The van der Waals surface area contributed by atoms with Crippen LogP contribution in [-0.4, -0.2) is 35.5 Å². The fourth-order valence-electron chi connectivity index (χ4n) is 1.89. The van der Waals surface area contributed by atoms with Crippen LogP contribution in [0.3, 0.4) is 0 Å². The predicted octanol–water partition coefficient (Wildman–Crippen LogP) is 2.86. The Morgan fingerprint density at radius 1 is 1.33 bits per heavy atom. The van der Waals surface area contributed by atoms with Gasteiger partial charge >= 0.3 is 6.09 Å². The summed E-state index contributed by atoms with van der Waals surface area (Å²) in [6, 6.07) is 0. The molecule has 1 fully saturated rings. The summed E-state index contributed by atoms with van der Waals surface area (Å²) < 4.78 is 5.27. The summed E-state index contributed by atoms with van der Waals surface area (Å²) in [4.78, 5) is 25.1. The van der Waals surface area contributed by atoms with Gasteiger partial charge in [-0.1, -0.05) is 6.92 Å². The SMILES string of the molecule is CCN(CC(=O)CC1CC1C)C(=O)OC(C)(C)C. The van der Waals surface area contributed by atoms with E-state index >= 15 is 0 Å². The number of hydrogen-bond donors (Lipinski definition) is 0. The van der Waals surface area contributed by atoms with Crippen molar-refractivity contribution in [1.82, 2.24) is 4.90 Å². The molecule has 0 radical (unpaired) electrons. The number of amides is 1. The van der Waals surface area contributed by atoms with Gasteiger partial charge in [0.15, 0.2) is 5.78 Å². The number of ether oxygens (including phenoxy) is 1. The predicted molar refractivity (Wildman–Crippen MR) is 70.4 cm³/mol. The third-order valence-corrected chi connectivity index (χ3v) is 3.17. The summed E-state index contributed by atoms with van der Waals surface area (Å²) in [5.41, 5.74) is -0.515. The molecule has 18 heavy (non-hydrogen) atoms. The Balaban J connectivity index is 2.40. The zero-order chi connectivity index (χ0) is 13.9. The van der Waals surface area contributed by atoms with E-state index in [4.69, 9.17) is 4.74 Å². The number of ketones is 1. The maximum absolute atomic E-state index is 11.8. The van der Waals surface area contributed by atoms with Crippen LogP contribution in [0.1, 0.15) is 47.5 Å². The molecule has 1 aliphatic carbocycles. The molecule has 1 saturated carbocycles. The summed E-state index contributed by atoms with van der Waals surface area (Å²) in [6.07, 6.45) is 1.34. The first-order valence-electron chi connectivity index (χ1n) is 6.72. The second-order valence-electron chi connectivity index (χ2n) is 6.21. The molecule has 0 saturated heterocycles. The summed E-state index contributed by atoms with van der Waals surface area (Å²) in [5, 5.41) is 0. The van der Waals surface area contributed by atoms with Gasteiger partial charge in [0, 0.05) is 13.0 Å². The highest BCUT2D eigenvalue weighted by Crippen LogP contribution is 2.40. The second kappa shape index (κ2) is 5.72. The van der Waals surface area contributed by atoms with Crippen LogP contribution in [0.2, 0.25) is 0 Å². The largest absolute Gasteiger partial charge is 0.444 e. The van der Waals surface area contributed by atoms with Crippen LogP contribution in [0.4, 0.5) is 4.79 Å². The van der Waals surface area contributed by atoms with Crippen molar-refractivity contribution in [3.05, 3.63) is 0 Å². The molecule has 0 aromatic carbocycles. The van der Waals surface area contributed by atoms with E-state index < -0.39 is 11.7 Å². The summed E-state index contributed by atoms with van der Waals surface area (Å²) in [7, 11) is 0. The minimum absolute atomic E-state index is 0.136. The zero-order valence-electron chi connectivity index (χ0n) is 12.2. The maximum Gasteiger partial charge on any atom is 0.410 e. The first-order chi connectivity index (χ1) is 8.23. The van der Waals surface area contributed by atoms with Crippen molar-refractivity contribution in [2.75, 3.05) is 13.1 Å². The van der Waals surface area contributed by atoms with E-state index in [-0.39, 0.29) is 12.3 Å². The molecule has 4 heteroatoms. The molecule has 0 spiro atoms. The molecule has 104 valence electrons. The number of likely N-dealkylation sites (N-methyl/N-ethyl adjacent to an activating group) is 1. The van der Waals surface area contributed by atoms with Crippen LogP contribution in [-0.2, 0) is 9.53 Å². The van der Waals surface area contributed by atoms with Crippen molar-refractivity contribution in [1.29, 1.82) is 0 Å². The molecule has 1 aliphatic rings. The van der Waals surface area contributed by atoms with Crippen molar-refractivity contribution in [3.8, 4) is 0 Å². The Kier molecular flexibility index (Phi) is 4.77. The van der Waals surface area contributed by atoms with E-state index in [2.05, 4.69) is 6.92 Å². The standard InChI is InChI=1S/C14H25NO3/c1-6-15(13(17)18-14(3,4)5)9-12(16)8-11-7-10(11)2/h10-11H,6-9H2,1-5H3. The molecule has 1 rings (SSSR count). The van der Waals surface area contributed by atoms with Crippen LogP contribution in [0, 0.1) is 11.8 Å². The van der Waals surface area contributed by atoms with Gasteiger partial charge in [-0.15, -0.1) is 0 Å². The normalized spacial score (nSPS) is 22.5. The Hall–Kier alpha value is -1.06. The van der Waals surface area contributed by atoms with Crippen molar-refractivity contribution in [2.45, 2.75) is 53.1 Å². The second-order valence-corrected chi connectivity index (χ2v) is 6.21. The van der Waals surface area contributed by atoms with E-state index in [0.717, 1.165) is 6.42 Å². The average Bonchev–Trinajstić information content (AvgIpc) is 2.87. The lowest BCUT2D eigenvalue weighted by atomic mass is 10.1. The molecular weight excluding hydrogens is 230 g/mol. The van der Waals surface area contributed by atoms with E-state index in [1.54, 1.807) is 0 Å². The lowest BCUT2D eigenvalue weighted by Gasteiger charge is -2.26. The number of carbonyl (C=O) groups excluding carboxylic acids is 2. The minimum Gasteiger partial charge on any atom is -0.444 e. The summed E-state index contributed by atoms with van der Waals surface area (Å²) in [5.74, 6) is 1.34. The zero-order valence-corrected chi connectivity index (χ0v) is 12.2. The van der Waals surface area contributed by atoms with Crippen molar-refractivity contribution < 1.29 is 14.3 Å². The van der Waals surface area contributed by atoms with E-state index in [1.807, 2.05) is 27.7 Å². The molecule has 4 nitrogen and oxygen atoms in total. The fourth-order valence-corrected chi connectivity index (χ4v) is 1.89. The first kappa shape index (κ1) is 15.0. The lowest BCUT2D eigenvalue weighted by molar-refractivity contribution is -0.120. The number of hydrogen-bond acceptors (Lipinski definition) is 3. The van der Waals surface area contributed by atoms with Crippen LogP contribution in [0.25, 0.3) is 0 Å². The topological polar surface area (TPSA) is 46.6 Å². The molecule has 0 aromatic rings. The first-order valence-corrected chi connectivity index (χ1v) is 6.72. The Morgan fingerprint density at radius 3 is 2.28 bits per heavy atom. The lowest BCUT2D eigenvalue weighted by Crippen LogP contribution is -2.39. The third-order valence-electron chi connectivity index (χ3n) is 3.17. The fraction of sp³-hybridized carbons (Fsp3) is 0.857. The van der Waals surface area contributed by atoms with E-state index in [1.165, 1.54) is 4.90 Å². The van der Waals surface area contributed by atoms with Gasteiger partial charge in [-0.05, 0) is 46.0 Å². The van der Waals surface area contributed by atoms with Crippen molar-refractivity contribution >= 4 is 11.9 Å². The van der Waals surface area contributed by atoms with Gasteiger partial charge in [-0.2, -0.15) is 0 Å². The van der Waals surface area contributed by atoms with E-state index in [9.17, 15) is 9.59 Å². The highest BCUT2D eigenvalue weighted by molar-refractivity contribution is 5.84. The molecule has 1 amide bonds. The van der Waals surface area contributed by atoms with Gasteiger partial charge in [0.25, 0.3) is 0 Å². The molecule has 0 aliphatic heterocycles. The highest BCUT2D eigenvalue weighted by Gasteiger charge is 2.34. The van der Waals surface area contributed by atoms with E-state index in [0.29, 0.717) is 24.8 Å². The monoisotopic (exact) mass is 255 g/mol. The number of carbonyl (C=O) groups is 2. The molecule has 0 bridgehead atoms. The molecular formula is C14H25NO3. The summed E-state index contributed by atoms with van der Waals surface area (Å²) in [6.45, 7) is 10.2. The number of nitrogens with zero attached hydrogens (tertiary/aromatic N) is 1. The van der Waals surface area contributed by atoms with Crippen LogP contribution < -0.4 is 0 Å². The molecule has 0 aromatic heterocycles. The Bertz CT molecular complexity index is 319. The quantitative estimate of drug-likeness (QED) is 0.759. The number of rotatable bonds is 5. The smallest absolute Gasteiger partial charge is 0.410 e. The summed E-state index contributed by atoms with van der Waals surface area (Å²) >= 11 is 0.